The van der Waals surface area contributed by atoms with Crippen LogP contribution in [0.5, 0.6) is 0 Å². The van der Waals surface area contributed by atoms with Crippen molar-refractivity contribution in [3.05, 3.63) is 25.6 Å². The average molecular weight is 287 g/mol. The fourth-order valence-corrected chi connectivity index (χ4v) is 1.94. The van der Waals surface area contributed by atoms with Gasteiger partial charge in [0.2, 0.25) is 0 Å². The molecule has 0 fully saturated rings. The Hall–Kier alpha value is -1.70. The van der Waals surface area contributed by atoms with Gasteiger partial charge in [-0.15, -0.1) is 0 Å². The predicted octanol–water partition coefficient (Wildman–Crippen LogP) is -0.615. The van der Waals surface area contributed by atoms with Crippen molar-refractivity contribution in [1.29, 1.82) is 0 Å². The number of aryl methyl sites for hydroxylation is 1. The average Bonchev–Trinajstić information content (AvgIpc) is 2.54. The van der Waals surface area contributed by atoms with Gasteiger partial charge < -0.3 is 9.36 Å². The summed E-state index contributed by atoms with van der Waals surface area (Å²) in [4.78, 5) is 39.5. The molecule has 0 bridgehead atoms. The third kappa shape index (κ3) is 1.42. The van der Waals surface area contributed by atoms with Crippen LogP contribution in [0.15, 0.2) is 14.3 Å². The van der Waals surface area contributed by atoms with Gasteiger partial charge in [-0.1, -0.05) is 0 Å². The number of H-pyrrole nitrogens is 1. The Kier molecular flexibility index (Phi) is 2.50. The molecule has 1 N–H and O–H groups in total. The highest BCUT2D eigenvalue weighted by Crippen LogP contribution is 2.14. The van der Waals surface area contributed by atoms with Crippen molar-refractivity contribution in [1.82, 2.24) is 19.1 Å². The Labute approximate surface area is 96.8 Å². The maximum atomic E-state index is 11.6. The molecule has 8 heteroatoms. The van der Waals surface area contributed by atoms with E-state index in [1.165, 1.54) is 16.2 Å². The molecule has 2 aromatic heterocycles. The summed E-state index contributed by atoms with van der Waals surface area (Å²) in [5.74, 6) is 0. The van der Waals surface area contributed by atoms with E-state index >= 15 is 0 Å². The van der Waals surface area contributed by atoms with Crippen molar-refractivity contribution in [2.75, 3.05) is 0 Å². The van der Waals surface area contributed by atoms with Gasteiger partial charge in [-0.3, -0.25) is 14.3 Å². The first kappa shape index (κ1) is 10.8. The molecule has 0 radical (unpaired) electrons. The van der Waals surface area contributed by atoms with Gasteiger partial charge in [-0.05, 0) is 15.9 Å². The number of aromatic amines is 1. The number of aromatic nitrogens is 4. The molecule has 0 aromatic carbocycles. The summed E-state index contributed by atoms with van der Waals surface area (Å²) in [5.41, 5.74) is -0.664. The predicted molar refractivity (Wildman–Crippen MR) is 59.4 cm³/mol. The largest absolute Gasteiger partial charge is 0.329 e. The lowest BCUT2D eigenvalue weighted by Gasteiger charge is -1.99. The fourth-order valence-electron chi connectivity index (χ4n) is 1.45. The van der Waals surface area contributed by atoms with Crippen LogP contribution in [0.2, 0.25) is 0 Å². The topological polar surface area (TPSA) is 89.8 Å². The second kappa shape index (κ2) is 3.71. The van der Waals surface area contributed by atoms with Gasteiger partial charge in [0.15, 0.2) is 15.9 Å². The van der Waals surface area contributed by atoms with E-state index in [-0.39, 0.29) is 17.7 Å². The Morgan fingerprint density at radius 3 is 2.81 bits per heavy atom. The Morgan fingerprint density at radius 1 is 1.50 bits per heavy atom. The van der Waals surface area contributed by atoms with Crippen LogP contribution in [-0.4, -0.2) is 25.4 Å². The number of halogens is 1. The van der Waals surface area contributed by atoms with E-state index in [0.29, 0.717) is 11.0 Å². The second-order valence-corrected chi connectivity index (χ2v) is 3.86. The maximum absolute atomic E-state index is 11.6. The molecule has 16 heavy (non-hydrogen) atoms. The number of rotatable bonds is 2. The lowest BCUT2D eigenvalue weighted by atomic mass is 10.5. The third-order valence-corrected chi connectivity index (χ3v) is 2.82. The van der Waals surface area contributed by atoms with Crippen molar-refractivity contribution in [3.63, 3.8) is 0 Å². The molecule has 0 aliphatic rings. The first-order valence-electron chi connectivity index (χ1n) is 4.35. The summed E-state index contributed by atoms with van der Waals surface area (Å²) in [6.07, 6.45) is 0.649. The molecule has 0 amide bonds. The number of carbonyl (C=O) groups excluding carboxylic acids is 1. The molecule has 0 unspecified atom stereocenters. The highest BCUT2D eigenvalue weighted by Gasteiger charge is 2.14. The number of carbonyl (C=O) groups is 1. The molecule has 84 valence electrons. The highest BCUT2D eigenvalue weighted by atomic mass is 79.9. The van der Waals surface area contributed by atoms with Gasteiger partial charge >= 0.3 is 5.69 Å². The van der Waals surface area contributed by atoms with Crippen LogP contribution in [0.1, 0.15) is 0 Å². The number of fused-ring (bicyclic) bond motifs is 1. The number of nitrogens with one attached hydrogen (secondary N) is 1. The summed E-state index contributed by atoms with van der Waals surface area (Å²) in [6.45, 7) is -0.00162. The molecule has 7 nitrogen and oxygen atoms in total. The monoisotopic (exact) mass is 286 g/mol. The SMILES string of the molecule is Cn1c(=O)[nH]c(=O)c2c1nc(Br)n2CC=O. The van der Waals surface area contributed by atoms with Gasteiger partial charge in [-0.2, -0.15) is 0 Å². The summed E-state index contributed by atoms with van der Waals surface area (Å²) < 4.78 is 2.94. The molecule has 0 atom stereocenters. The van der Waals surface area contributed by atoms with E-state index in [9.17, 15) is 14.4 Å². The van der Waals surface area contributed by atoms with Crippen molar-refractivity contribution >= 4 is 33.4 Å². The summed E-state index contributed by atoms with van der Waals surface area (Å²) in [7, 11) is 1.49. The van der Waals surface area contributed by atoms with Crippen LogP contribution in [0.4, 0.5) is 0 Å². The lowest BCUT2D eigenvalue weighted by molar-refractivity contribution is -0.108. The number of hydrogen-bond donors (Lipinski definition) is 1. The fraction of sp³-hybridized carbons (Fsp3) is 0.250. The van der Waals surface area contributed by atoms with Gasteiger partial charge in [0.1, 0.15) is 6.29 Å². The summed E-state index contributed by atoms with van der Waals surface area (Å²) in [6, 6.07) is 0. The van der Waals surface area contributed by atoms with Crippen LogP contribution in [-0.2, 0) is 18.4 Å². The van der Waals surface area contributed by atoms with Crippen molar-refractivity contribution < 1.29 is 4.79 Å². The highest BCUT2D eigenvalue weighted by molar-refractivity contribution is 9.10. The maximum Gasteiger partial charge on any atom is 0.329 e. The van der Waals surface area contributed by atoms with Crippen molar-refractivity contribution in [2.45, 2.75) is 6.54 Å². The smallest absolute Gasteiger partial charge is 0.305 e. The molecule has 2 aromatic rings. The van der Waals surface area contributed by atoms with Crippen molar-refractivity contribution in [2.24, 2.45) is 7.05 Å². The zero-order valence-corrected chi connectivity index (χ0v) is 9.81. The van der Waals surface area contributed by atoms with Crippen molar-refractivity contribution in [3.8, 4) is 0 Å². The first-order valence-corrected chi connectivity index (χ1v) is 5.14. The molecule has 2 rings (SSSR count). The number of imidazole rings is 1. The molecule has 0 aliphatic carbocycles. The van der Waals surface area contributed by atoms with Crippen LogP contribution in [0.3, 0.4) is 0 Å². The van der Waals surface area contributed by atoms with Crippen LogP contribution in [0.25, 0.3) is 11.2 Å². The van der Waals surface area contributed by atoms with Gasteiger partial charge in [-0.25, -0.2) is 9.78 Å². The minimum atomic E-state index is -0.557. The molecule has 0 saturated carbocycles. The lowest BCUT2D eigenvalue weighted by Crippen LogP contribution is -2.29. The summed E-state index contributed by atoms with van der Waals surface area (Å²) >= 11 is 3.13. The number of nitrogens with zero attached hydrogens (tertiary/aromatic N) is 3. The van der Waals surface area contributed by atoms with Gasteiger partial charge in [0.25, 0.3) is 5.56 Å². The molecular weight excluding hydrogens is 280 g/mol. The van der Waals surface area contributed by atoms with E-state index in [2.05, 4.69) is 25.9 Å². The van der Waals surface area contributed by atoms with E-state index in [1.54, 1.807) is 0 Å². The minimum absolute atomic E-state index is 0.00162. The standard InChI is InChI=1S/C8H7BrN4O3/c1-12-5-4(6(15)11-8(12)16)13(2-3-14)7(9)10-5/h3H,2H2,1H3,(H,11,15,16). The molecule has 0 saturated heterocycles. The summed E-state index contributed by atoms with van der Waals surface area (Å²) in [5, 5.41) is 0. The van der Waals surface area contributed by atoms with Crippen LogP contribution >= 0.6 is 15.9 Å². The number of hydrogen-bond acceptors (Lipinski definition) is 4. The molecule has 0 aliphatic heterocycles. The van der Waals surface area contributed by atoms with E-state index in [1.807, 2.05) is 0 Å². The molecule has 2 heterocycles. The normalized spacial score (nSPS) is 10.9. The minimum Gasteiger partial charge on any atom is -0.305 e. The Morgan fingerprint density at radius 2 is 2.19 bits per heavy atom. The zero-order chi connectivity index (χ0) is 11.9. The Balaban J connectivity index is 3.00. The Bertz CT molecular complexity index is 681. The van der Waals surface area contributed by atoms with Crippen LogP contribution < -0.4 is 11.2 Å². The molecular formula is C8H7BrN4O3. The number of aldehydes is 1. The van der Waals surface area contributed by atoms with Crippen LogP contribution in [0, 0.1) is 0 Å². The second-order valence-electron chi connectivity index (χ2n) is 3.15. The first-order chi connectivity index (χ1) is 7.56. The van der Waals surface area contributed by atoms with E-state index in [0.717, 1.165) is 0 Å². The van der Waals surface area contributed by atoms with Gasteiger partial charge in [0, 0.05) is 7.05 Å². The van der Waals surface area contributed by atoms with E-state index < -0.39 is 11.2 Å². The zero-order valence-electron chi connectivity index (χ0n) is 8.23. The van der Waals surface area contributed by atoms with Gasteiger partial charge in [0.05, 0.1) is 6.54 Å². The molecule has 0 spiro atoms. The third-order valence-electron chi connectivity index (χ3n) is 2.22. The quantitative estimate of drug-likeness (QED) is 0.589. The van der Waals surface area contributed by atoms with E-state index in [4.69, 9.17) is 0 Å².